The van der Waals surface area contributed by atoms with Crippen LogP contribution in [0.3, 0.4) is 0 Å². The normalized spacial score (nSPS) is 23.1. The van der Waals surface area contributed by atoms with E-state index in [1.807, 2.05) is 6.07 Å². The summed E-state index contributed by atoms with van der Waals surface area (Å²) in [6.07, 6.45) is 4.26. The monoisotopic (exact) mass is 393 g/mol. The van der Waals surface area contributed by atoms with E-state index >= 15 is 0 Å². The van der Waals surface area contributed by atoms with Gasteiger partial charge in [0.15, 0.2) is 0 Å². The lowest BCUT2D eigenvalue weighted by molar-refractivity contribution is -0.123. The van der Waals surface area contributed by atoms with Crippen LogP contribution in [0, 0.1) is 0 Å². The summed E-state index contributed by atoms with van der Waals surface area (Å²) in [4.78, 5) is 28.0. The molecule has 0 radical (unpaired) electrons. The maximum Gasteiger partial charge on any atom is 0.261 e. The Morgan fingerprint density at radius 1 is 1.26 bits per heavy atom. The third kappa shape index (κ3) is 4.03. The van der Waals surface area contributed by atoms with Gasteiger partial charge in [0.2, 0.25) is 5.91 Å². The van der Waals surface area contributed by atoms with E-state index in [-0.39, 0.29) is 23.5 Å². The Morgan fingerprint density at radius 2 is 2.00 bits per heavy atom. The van der Waals surface area contributed by atoms with Crippen LogP contribution >= 0.6 is 11.3 Å². The molecule has 0 saturated carbocycles. The first-order valence-corrected chi connectivity index (χ1v) is 10.5. The Balaban J connectivity index is 1.47. The molecule has 8 heteroatoms. The summed E-state index contributed by atoms with van der Waals surface area (Å²) in [7, 11) is 0. The van der Waals surface area contributed by atoms with Gasteiger partial charge in [-0.3, -0.25) is 14.5 Å². The quantitative estimate of drug-likeness (QED) is 0.796. The number of carbonyl (C=O) groups excluding carboxylic acids is 2. The van der Waals surface area contributed by atoms with E-state index in [0.29, 0.717) is 26.4 Å². The molecule has 3 aliphatic heterocycles. The van der Waals surface area contributed by atoms with Crippen LogP contribution in [0.2, 0.25) is 0 Å². The molecule has 4 heterocycles. The van der Waals surface area contributed by atoms with Gasteiger partial charge in [-0.2, -0.15) is 0 Å². The van der Waals surface area contributed by atoms with Crippen molar-refractivity contribution in [2.45, 2.75) is 43.7 Å². The number of likely N-dealkylation sites (tertiary alicyclic amines) is 1. The van der Waals surface area contributed by atoms with Crippen LogP contribution in [0.15, 0.2) is 6.07 Å². The number of hydrogen-bond donors (Lipinski definition) is 2. The van der Waals surface area contributed by atoms with Crippen LogP contribution in [-0.4, -0.2) is 62.2 Å². The number of primary amides is 1. The zero-order valence-electron chi connectivity index (χ0n) is 15.5. The fourth-order valence-electron chi connectivity index (χ4n) is 4.33. The topological polar surface area (TPSA) is 93.9 Å². The van der Waals surface area contributed by atoms with E-state index in [1.54, 1.807) is 11.3 Å². The minimum absolute atomic E-state index is 0.0163. The average molecular weight is 394 g/mol. The molecular weight excluding hydrogens is 366 g/mol. The molecule has 1 spiro atoms. The summed E-state index contributed by atoms with van der Waals surface area (Å²) in [5, 5.41) is 3.16. The number of fused-ring (bicyclic) bond motifs is 2. The lowest BCUT2D eigenvalue weighted by atomic mass is 9.82. The van der Waals surface area contributed by atoms with Gasteiger partial charge in [0, 0.05) is 43.6 Å². The van der Waals surface area contributed by atoms with E-state index in [4.69, 9.17) is 15.2 Å². The van der Waals surface area contributed by atoms with Crippen LogP contribution in [-0.2, 0) is 26.3 Å². The van der Waals surface area contributed by atoms with Crippen LogP contribution in [0.1, 0.15) is 45.8 Å². The summed E-state index contributed by atoms with van der Waals surface area (Å²) in [5.74, 6) is -0.276. The van der Waals surface area contributed by atoms with Crippen molar-refractivity contribution in [2.24, 2.45) is 5.73 Å². The minimum Gasteiger partial charge on any atom is -0.381 e. The Kier molecular flexibility index (Phi) is 5.50. The molecule has 7 nitrogen and oxygen atoms in total. The predicted octanol–water partition coefficient (Wildman–Crippen LogP) is 1.01. The van der Waals surface area contributed by atoms with Gasteiger partial charge < -0.3 is 20.5 Å². The van der Waals surface area contributed by atoms with Gasteiger partial charge in [-0.15, -0.1) is 11.3 Å². The van der Waals surface area contributed by atoms with Crippen molar-refractivity contribution in [1.82, 2.24) is 10.2 Å². The smallest absolute Gasteiger partial charge is 0.261 e. The van der Waals surface area contributed by atoms with E-state index in [2.05, 4.69) is 10.2 Å². The van der Waals surface area contributed by atoms with Gasteiger partial charge in [-0.25, -0.2) is 0 Å². The minimum atomic E-state index is -0.324. The number of amides is 2. The molecular formula is C19H27N3O4S. The first kappa shape index (κ1) is 18.9. The average Bonchev–Trinajstić information content (AvgIpc) is 3.10. The first-order chi connectivity index (χ1) is 13.1. The van der Waals surface area contributed by atoms with E-state index in [9.17, 15) is 9.59 Å². The lowest BCUT2D eigenvalue weighted by Gasteiger charge is -2.43. The van der Waals surface area contributed by atoms with E-state index in [1.165, 1.54) is 10.4 Å². The number of ether oxygens (including phenoxy) is 2. The van der Waals surface area contributed by atoms with Gasteiger partial charge in [0.1, 0.15) is 0 Å². The SMILES string of the molecule is NC(=O)CN1CCC2(CC1)OCCc1sc(C(=O)NC3CCOCC3)cc12. The molecule has 0 aromatic carbocycles. The molecule has 148 valence electrons. The van der Waals surface area contributed by atoms with Crippen molar-refractivity contribution < 1.29 is 19.1 Å². The summed E-state index contributed by atoms with van der Waals surface area (Å²) in [6, 6.07) is 2.24. The molecule has 1 aromatic rings. The first-order valence-electron chi connectivity index (χ1n) is 9.72. The number of nitrogens with two attached hydrogens (primary N) is 1. The Labute approximate surface area is 163 Å². The molecule has 0 aliphatic carbocycles. The van der Waals surface area contributed by atoms with Crippen molar-refractivity contribution in [3.8, 4) is 0 Å². The second kappa shape index (κ2) is 7.87. The number of nitrogens with zero attached hydrogens (tertiary/aromatic N) is 1. The van der Waals surface area contributed by atoms with Crippen molar-refractivity contribution in [3.63, 3.8) is 0 Å². The van der Waals surface area contributed by atoms with Gasteiger partial charge >= 0.3 is 0 Å². The van der Waals surface area contributed by atoms with Crippen molar-refractivity contribution in [3.05, 3.63) is 21.4 Å². The number of piperidine rings is 1. The molecule has 0 bridgehead atoms. The molecule has 4 rings (SSSR count). The third-order valence-electron chi connectivity index (χ3n) is 5.83. The lowest BCUT2D eigenvalue weighted by Crippen LogP contribution is -2.48. The number of nitrogens with one attached hydrogen (secondary N) is 1. The number of carbonyl (C=O) groups is 2. The number of hydrogen-bond acceptors (Lipinski definition) is 6. The molecule has 0 unspecified atom stereocenters. The summed E-state index contributed by atoms with van der Waals surface area (Å²) in [5.41, 5.74) is 6.17. The fraction of sp³-hybridized carbons (Fsp3) is 0.684. The zero-order valence-corrected chi connectivity index (χ0v) is 16.3. The largest absolute Gasteiger partial charge is 0.381 e. The molecule has 2 amide bonds. The molecule has 27 heavy (non-hydrogen) atoms. The third-order valence-corrected chi connectivity index (χ3v) is 7.02. The van der Waals surface area contributed by atoms with Crippen molar-refractivity contribution in [1.29, 1.82) is 0 Å². The predicted molar refractivity (Wildman–Crippen MR) is 102 cm³/mol. The van der Waals surface area contributed by atoms with Crippen molar-refractivity contribution >= 4 is 23.2 Å². The molecule has 1 aromatic heterocycles. The van der Waals surface area contributed by atoms with E-state index in [0.717, 1.165) is 50.1 Å². The molecule has 3 aliphatic rings. The maximum absolute atomic E-state index is 12.7. The Hall–Kier alpha value is -1.48. The second-order valence-corrected chi connectivity index (χ2v) is 8.78. The second-order valence-electron chi connectivity index (χ2n) is 7.64. The van der Waals surface area contributed by atoms with Gasteiger partial charge in [0.05, 0.1) is 23.6 Å². The highest BCUT2D eigenvalue weighted by Crippen LogP contribution is 2.44. The highest BCUT2D eigenvalue weighted by Gasteiger charge is 2.42. The Bertz CT molecular complexity index is 706. The zero-order chi connectivity index (χ0) is 18.9. The van der Waals surface area contributed by atoms with Gasteiger partial charge in [-0.05, 0) is 37.3 Å². The van der Waals surface area contributed by atoms with Crippen LogP contribution in [0.25, 0.3) is 0 Å². The van der Waals surface area contributed by atoms with Crippen LogP contribution in [0.4, 0.5) is 0 Å². The summed E-state index contributed by atoms with van der Waals surface area (Å²) >= 11 is 1.60. The van der Waals surface area contributed by atoms with Gasteiger partial charge in [0.25, 0.3) is 5.91 Å². The summed E-state index contributed by atoms with van der Waals surface area (Å²) in [6.45, 7) is 3.97. The fourth-order valence-corrected chi connectivity index (χ4v) is 5.47. The molecule has 2 saturated heterocycles. The standard InChI is InChI=1S/C19H27N3O4S/c20-17(23)12-22-6-4-19(5-7-22)14-11-16(27-15(14)3-10-26-19)18(24)21-13-1-8-25-9-2-13/h11,13H,1-10,12H2,(H2,20,23)(H,21,24). The highest BCUT2D eigenvalue weighted by molar-refractivity contribution is 7.14. The van der Waals surface area contributed by atoms with E-state index < -0.39 is 0 Å². The van der Waals surface area contributed by atoms with Crippen molar-refractivity contribution in [2.75, 3.05) is 39.5 Å². The summed E-state index contributed by atoms with van der Waals surface area (Å²) < 4.78 is 11.6. The number of rotatable bonds is 4. The molecule has 0 atom stereocenters. The Morgan fingerprint density at radius 3 is 2.70 bits per heavy atom. The van der Waals surface area contributed by atoms with Gasteiger partial charge in [-0.1, -0.05) is 0 Å². The number of thiophene rings is 1. The molecule has 2 fully saturated rings. The maximum atomic E-state index is 12.7. The van der Waals surface area contributed by atoms with Crippen LogP contribution in [0.5, 0.6) is 0 Å². The highest BCUT2D eigenvalue weighted by atomic mass is 32.1. The van der Waals surface area contributed by atoms with Crippen LogP contribution < -0.4 is 11.1 Å². The molecule has 3 N–H and O–H groups in total.